The molecule has 0 fully saturated rings. The summed E-state index contributed by atoms with van der Waals surface area (Å²) in [6.45, 7) is 0. The topological polar surface area (TPSA) is 0 Å². The Morgan fingerprint density at radius 1 is 1.44 bits per heavy atom. The number of halogens is 2. The van der Waals surface area contributed by atoms with Crippen LogP contribution >= 0.6 is 22.6 Å². The van der Waals surface area contributed by atoms with Gasteiger partial charge < -0.3 is 0 Å². The average molecular weight is 249 g/mol. The third kappa shape index (κ3) is 1.75. The highest BCUT2D eigenvalue weighted by molar-refractivity contribution is 14.1. The van der Waals surface area contributed by atoms with Crippen LogP contribution in [0.15, 0.2) is 18.2 Å². The van der Waals surface area contributed by atoms with E-state index in [2.05, 4.69) is 32.8 Å². The Morgan fingerprint density at radius 3 is 2.56 bits per heavy atom. The first kappa shape index (κ1) is 7.21. The molecule has 0 aliphatic heterocycles. The maximum atomic E-state index is 12.3. The van der Waals surface area contributed by atoms with Gasteiger partial charge in [-0.1, -0.05) is 11.3 Å². The Bertz CT molecular complexity index is 224. The molecule has 1 rings (SSSR count). The molecule has 45 valence electrons. The Labute approximate surface area is 70.0 Å². The van der Waals surface area contributed by atoms with E-state index < -0.39 is 0 Å². The van der Waals surface area contributed by atoms with Gasteiger partial charge in [0, 0.05) is 3.57 Å². The SMILES string of the molecule is Fc1ccc([Si])c(I)c1. The van der Waals surface area contributed by atoms with Gasteiger partial charge >= 0.3 is 0 Å². The standard InChI is InChI=1S/C6H3FISi/c7-4-1-2-6(9)5(8)3-4/h1-3H. The largest absolute Gasteiger partial charge is 0.207 e. The Kier molecular flexibility index (Phi) is 2.23. The van der Waals surface area contributed by atoms with Crippen LogP contribution in [-0.4, -0.2) is 10.2 Å². The molecule has 0 aliphatic rings. The van der Waals surface area contributed by atoms with Gasteiger partial charge in [0.2, 0.25) is 0 Å². The van der Waals surface area contributed by atoms with Crippen LogP contribution in [0.2, 0.25) is 0 Å². The van der Waals surface area contributed by atoms with E-state index >= 15 is 0 Å². The van der Waals surface area contributed by atoms with E-state index in [1.165, 1.54) is 12.1 Å². The Balaban J connectivity index is 3.17. The van der Waals surface area contributed by atoms with Crippen molar-refractivity contribution in [1.82, 2.24) is 0 Å². The van der Waals surface area contributed by atoms with Crippen LogP contribution in [0, 0.1) is 9.39 Å². The van der Waals surface area contributed by atoms with E-state index in [4.69, 9.17) is 0 Å². The summed E-state index contributed by atoms with van der Waals surface area (Å²) in [5, 5.41) is 0.928. The van der Waals surface area contributed by atoms with Crippen molar-refractivity contribution >= 4 is 38.0 Å². The predicted molar refractivity (Wildman–Crippen MR) is 44.5 cm³/mol. The zero-order valence-electron chi connectivity index (χ0n) is 4.49. The predicted octanol–water partition coefficient (Wildman–Crippen LogP) is 1.22. The fourth-order valence-electron chi connectivity index (χ4n) is 0.489. The molecular weight excluding hydrogens is 246 g/mol. The van der Waals surface area contributed by atoms with E-state index in [1.54, 1.807) is 6.07 Å². The molecule has 0 N–H and O–H groups in total. The van der Waals surface area contributed by atoms with Crippen LogP contribution in [-0.2, 0) is 0 Å². The first-order valence-corrected chi connectivity index (χ1v) is 3.94. The minimum atomic E-state index is -0.193. The summed E-state index contributed by atoms with van der Waals surface area (Å²) >= 11 is 2.06. The van der Waals surface area contributed by atoms with Crippen molar-refractivity contribution in [2.45, 2.75) is 0 Å². The second-order valence-corrected chi connectivity index (χ2v) is 3.33. The zero-order chi connectivity index (χ0) is 6.85. The lowest BCUT2D eigenvalue weighted by Crippen LogP contribution is -2.06. The number of benzene rings is 1. The molecule has 0 amide bonds. The summed E-state index contributed by atoms with van der Waals surface area (Å²) in [6.07, 6.45) is 0. The molecule has 0 saturated carbocycles. The van der Waals surface area contributed by atoms with Gasteiger partial charge in [-0.15, -0.1) is 0 Å². The van der Waals surface area contributed by atoms with Gasteiger partial charge in [0.05, 0.1) is 10.2 Å². The molecular formula is C6H3FISi. The molecule has 0 spiro atoms. The molecule has 0 bridgehead atoms. The molecule has 0 nitrogen and oxygen atoms in total. The minimum Gasteiger partial charge on any atom is -0.207 e. The molecule has 9 heavy (non-hydrogen) atoms. The summed E-state index contributed by atoms with van der Waals surface area (Å²) in [5.74, 6) is -0.193. The fraction of sp³-hybridized carbons (Fsp3) is 0. The molecule has 3 radical (unpaired) electrons. The first-order chi connectivity index (χ1) is 4.20. The highest BCUT2D eigenvalue weighted by Gasteiger charge is 1.93. The monoisotopic (exact) mass is 249 g/mol. The maximum absolute atomic E-state index is 12.3. The van der Waals surface area contributed by atoms with Crippen molar-refractivity contribution in [3.63, 3.8) is 0 Å². The zero-order valence-corrected chi connectivity index (χ0v) is 7.65. The lowest BCUT2D eigenvalue weighted by molar-refractivity contribution is 0.627. The lowest BCUT2D eigenvalue weighted by Gasteiger charge is -1.94. The van der Waals surface area contributed by atoms with Gasteiger partial charge in [-0.2, -0.15) is 0 Å². The lowest BCUT2D eigenvalue weighted by atomic mass is 10.3. The molecule has 0 saturated heterocycles. The van der Waals surface area contributed by atoms with E-state index in [9.17, 15) is 4.39 Å². The molecule has 0 atom stereocenters. The van der Waals surface area contributed by atoms with Crippen LogP contribution in [0.5, 0.6) is 0 Å². The number of hydrogen-bond acceptors (Lipinski definition) is 0. The van der Waals surface area contributed by atoms with Gasteiger partial charge in [-0.25, -0.2) is 4.39 Å². The normalized spacial score (nSPS) is 9.67. The average Bonchev–Trinajstić information content (AvgIpc) is 1.80. The van der Waals surface area contributed by atoms with Crippen molar-refractivity contribution in [2.24, 2.45) is 0 Å². The highest BCUT2D eigenvalue weighted by Crippen LogP contribution is 2.02. The van der Waals surface area contributed by atoms with Gasteiger partial charge in [0.1, 0.15) is 5.82 Å². The summed E-state index contributed by atoms with van der Waals surface area (Å²) in [6, 6.07) is 4.58. The summed E-state index contributed by atoms with van der Waals surface area (Å²) in [7, 11) is 3.30. The van der Waals surface area contributed by atoms with Gasteiger partial charge in [-0.05, 0) is 34.7 Å². The van der Waals surface area contributed by atoms with Crippen LogP contribution < -0.4 is 5.19 Å². The van der Waals surface area contributed by atoms with Gasteiger partial charge in [0.15, 0.2) is 0 Å². The maximum Gasteiger partial charge on any atom is 0.124 e. The molecule has 0 aliphatic carbocycles. The Morgan fingerprint density at radius 2 is 2.11 bits per heavy atom. The van der Waals surface area contributed by atoms with Crippen LogP contribution in [0.4, 0.5) is 4.39 Å². The number of hydrogen-bond donors (Lipinski definition) is 0. The smallest absolute Gasteiger partial charge is 0.124 e. The molecule has 1 aromatic carbocycles. The molecule has 0 unspecified atom stereocenters. The molecule has 3 heteroatoms. The van der Waals surface area contributed by atoms with Crippen molar-refractivity contribution in [3.05, 3.63) is 27.6 Å². The summed E-state index contributed by atoms with van der Waals surface area (Å²) in [4.78, 5) is 0. The van der Waals surface area contributed by atoms with Gasteiger partial charge in [-0.3, -0.25) is 0 Å². The second kappa shape index (κ2) is 2.79. The fourth-order valence-corrected chi connectivity index (χ4v) is 1.12. The summed E-state index contributed by atoms with van der Waals surface area (Å²) in [5.41, 5.74) is 0. The van der Waals surface area contributed by atoms with Crippen molar-refractivity contribution in [1.29, 1.82) is 0 Å². The van der Waals surface area contributed by atoms with Crippen molar-refractivity contribution < 1.29 is 4.39 Å². The van der Waals surface area contributed by atoms with Crippen LogP contribution in [0.25, 0.3) is 0 Å². The van der Waals surface area contributed by atoms with Crippen LogP contribution in [0.3, 0.4) is 0 Å². The van der Waals surface area contributed by atoms with E-state index in [-0.39, 0.29) is 5.82 Å². The van der Waals surface area contributed by atoms with Crippen molar-refractivity contribution in [2.75, 3.05) is 0 Å². The minimum absolute atomic E-state index is 0.193. The van der Waals surface area contributed by atoms with Crippen LogP contribution in [0.1, 0.15) is 0 Å². The summed E-state index contributed by atoms with van der Waals surface area (Å²) < 4.78 is 13.2. The quantitative estimate of drug-likeness (QED) is 0.479. The number of rotatable bonds is 0. The third-order valence-electron chi connectivity index (χ3n) is 0.931. The Hall–Kier alpha value is 0.0969. The highest BCUT2D eigenvalue weighted by atomic mass is 127. The molecule has 0 heterocycles. The third-order valence-corrected chi connectivity index (χ3v) is 2.77. The van der Waals surface area contributed by atoms with E-state index in [0.717, 1.165) is 8.76 Å². The van der Waals surface area contributed by atoms with Gasteiger partial charge in [0.25, 0.3) is 0 Å². The van der Waals surface area contributed by atoms with Crippen molar-refractivity contribution in [3.8, 4) is 0 Å². The molecule has 0 aromatic heterocycles. The first-order valence-electron chi connectivity index (χ1n) is 2.37. The van der Waals surface area contributed by atoms with E-state index in [1.807, 2.05) is 0 Å². The molecule has 1 aromatic rings. The second-order valence-electron chi connectivity index (χ2n) is 1.62. The van der Waals surface area contributed by atoms with E-state index in [0.29, 0.717) is 0 Å².